The van der Waals surface area contributed by atoms with E-state index >= 15 is 0 Å². The van der Waals surface area contributed by atoms with Crippen LogP contribution in [0.3, 0.4) is 0 Å². The monoisotopic (exact) mass is 187 g/mol. The Hall–Kier alpha value is -0.510. The van der Waals surface area contributed by atoms with Crippen molar-refractivity contribution < 1.29 is 9.53 Å². The first-order chi connectivity index (χ1) is 5.49. The van der Waals surface area contributed by atoms with Crippen molar-refractivity contribution >= 4 is 22.8 Å². The molecule has 0 aromatic heterocycles. The Balaban J connectivity index is 2.49. The summed E-state index contributed by atoms with van der Waals surface area (Å²) in [5.41, 5.74) is -0.414. The molecule has 0 amide bonds. The lowest BCUT2D eigenvalue weighted by atomic mass is 10.2. The Morgan fingerprint density at radius 2 is 2.25 bits per heavy atom. The molecule has 68 valence electrons. The average Bonchev–Trinajstić information content (AvgIpc) is 2.32. The van der Waals surface area contributed by atoms with Crippen LogP contribution in [-0.4, -0.2) is 28.9 Å². The number of rotatable bonds is 1. The molecule has 0 aromatic carbocycles. The first kappa shape index (κ1) is 9.58. The van der Waals surface area contributed by atoms with Crippen molar-refractivity contribution in [1.29, 1.82) is 0 Å². The van der Waals surface area contributed by atoms with Gasteiger partial charge in [0.15, 0.2) is 5.04 Å². The van der Waals surface area contributed by atoms with E-state index in [1.54, 1.807) is 0 Å². The number of ether oxygens (including phenoxy) is 1. The summed E-state index contributed by atoms with van der Waals surface area (Å²) in [5.74, 6) is 0.610. The number of hydrogen-bond donors (Lipinski definition) is 0. The van der Waals surface area contributed by atoms with Gasteiger partial charge in [-0.05, 0) is 20.8 Å². The highest BCUT2D eigenvalue weighted by molar-refractivity contribution is 8.16. The number of thioether (sulfide) groups is 1. The van der Waals surface area contributed by atoms with Crippen LogP contribution in [0.1, 0.15) is 20.8 Å². The van der Waals surface area contributed by atoms with E-state index in [1.165, 1.54) is 11.8 Å². The number of carbonyl (C=O) groups is 1. The van der Waals surface area contributed by atoms with Gasteiger partial charge in [0, 0.05) is 12.3 Å². The van der Waals surface area contributed by atoms with Crippen LogP contribution in [0.15, 0.2) is 4.99 Å². The summed E-state index contributed by atoms with van der Waals surface area (Å²) >= 11 is 1.47. The number of hydrogen-bond acceptors (Lipinski definition) is 4. The summed E-state index contributed by atoms with van der Waals surface area (Å²) in [6, 6.07) is 0. The standard InChI is InChI=1S/C8H13NO2S/c1-8(2,3)11-7(10)6-9-4-5-12-6/h4-5H2,1-3H3. The zero-order chi connectivity index (χ0) is 9.19. The molecule has 0 fully saturated rings. The summed E-state index contributed by atoms with van der Waals surface area (Å²) in [5, 5.41) is 0.518. The molecule has 0 unspecified atom stereocenters. The van der Waals surface area contributed by atoms with Crippen LogP contribution < -0.4 is 0 Å². The lowest BCUT2D eigenvalue weighted by Crippen LogP contribution is -2.27. The van der Waals surface area contributed by atoms with Crippen LogP contribution in [0, 0.1) is 0 Å². The molecule has 0 atom stereocenters. The molecule has 0 aliphatic carbocycles. The Morgan fingerprint density at radius 1 is 1.58 bits per heavy atom. The van der Waals surface area contributed by atoms with Crippen LogP contribution in [0.2, 0.25) is 0 Å². The van der Waals surface area contributed by atoms with Crippen LogP contribution in [-0.2, 0) is 9.53 Å². The fourth-order valence-electron chi connectivity index (χ4n) is 0.780. The third-order valence-corrected chi connectivity index (χ3v) is 2.11. The summed E-state index contributed by atoms with van der Waals surface area (Å²) in [6.45, 7) is 6.29. The van der Waals surface area contributed by atoms with Gasteiger partial charge in [-0.1, -0.05) is 11.8 Å². The highest BCUT2D eigenvalue weighted by Crippen LogP contribution is 2.16. The van der Waals surface area contributed by atoms with Gasteiger partial charge in [0.2, 0.25) is 0 Å². The van der Waals surface area contributed by atoms with Crippen molar-refractivity contribution in [2.75, 3.05) is 12.3 Å². The van der Waals surface area contributed by atoms with E-state index in [4.69, 9.17) is 4.74 Å². The minimum atomic E-state index is -0.414. The molecule has 0 spiro atoms. The van der Waals surface area contributed by atoms with Gasteiger partial charge in [-0.2, -0.15) is 0 Å². The zero-order valence-electron chi connectivity index (χ0n) is 7.59. The minimum Gasteiger partial charge on any atom is -0.455 e. The van der Waals surface area contributed by atoms with E-state index in [2.05, 4.69) is 4.99 Å². The number of aliphatic imine (C=N–C) groups is 1. The fourth-order valence-corrected chi connectivity index (χ4v) is 1.50. The molecule has 0 N–H and O–H groups in total. The zero-order valence-corrected chi connectivity index (χ0v) is 8.40. The average molecular weight is 187 g/mol. The molecule has 12 heavy (non-hydrogen) atoms. The summed E-state index contributed by atoms with van der Waals surface area (Å²) in [6.07, 6.45) is 0. The maximum atomic E-state index is 11.3. The molecule has 4 heteroatoms. The van der Waals surface area contributed by atoms with Crippen LogP contribution in [0.4, 0.5) is 0 Å². The molecule has 3 nitrogen and oxygen atoms in total. The van der Waals surface area contributed by atoms with Crippen molar-refractivity contribution in [2.24, 2.45) is 4.99 Å². The molecule has 0 bridgehead atoms. The molecule has 0 radical (unpaired) electrons. The molecular formula is C8H13NO2S. The Morgan fingerprint density at radius 3 is 2.67 bits per heavy atom. The van der Waals surface area contributed by atoms with Gasteiger partial charge < -0.3 is 4.74 Å². The predicted octanol–water partition coefficient (Wildman–Crippen LogP) is 1.47. The Kier molecular flexibility index (Phi) is 2.77. The van der Waals surface area contributed by atoms with E-state index in [0.29, 0.717) is 5.04 Å². The Labute approximate surface area is 76.6 Å². The fraction of sp³-hybridized carbons (Fsp3) is 0.750. The highest BCUT2D eigenvalue weighted by Gasteiger charge is 2.23. The molecular weight excluding hydrogens is 174 g/mol. The molecule has 1 rings (SSSR count). The van der Waals surface area contributed by atoms with Crippen LogP contribution in [0.5, 0.6) is 0 Å². The van der Waals surface area contributed by atoms with Gasteiger partial charge in [0.05, 0.1) is 0 Å². The number of nitrogens with zero attached hydrogens (tertiary/aromatic N) is 1. The number of carbonyl (C=O) groups excluding carboxylic acids is 1. The van der Waals surface area contributed by atoms with Crippen molar-refractivity contribution in [1.82, 2.24) is 0 Å². The number of esters is 1. The maximum absolute atomic E-state index is 11.3. The van der Waals surface area contributed by atoms with Crippen LogP contribution >= 0.6 is 11.8 Å². The molecule has 1 heterocycles. The second-order valence-corrected chi connectivity index (χ2v) is 4.62. The molecule has 0 aromatic rings. The largest absolute Gasteiger partial charge is 0.455 e. The molecule has 0 saturated carbocycles. The van der Waals surface area contributed by atoms with Crippen molar-refractivity contribution in [3.05, 3.63) is 0 Å². The van der Waals surface area contributed by atoms with Crippen molar-refractivity contribution in [2.45, 2.75) is 26.4 Å². The van der Waals surface area contributed by atoms with Gasteiger partial charge in [0.25, 0.3) is 0 Å². The first-order valence-corrected chi connectivity index (χ1v) is 4.88. The molecule has 1 aliphatic rings. The van der Waals surface area contributed by atoms with E-state index in [0.717, 1.165) is 12.3 Å². The lowest BCUT2D eigenvalue weighted by Gasteiger charge is -2.18. The van der Waals surface area contributed by atoms with Gasteiger partial charge >= 0.3 is 5.97 Å². The third kappa shape index (κ3) is 2.85. The van der Waals surface area contributed by atoms with Crippen molar-refractivity contribution in [3.8, 4) is 0 Å². The molecule has 1 aliphatic heterocycles. The first-order valence-electron chi connectivity index (χ1n) is 3.90. The normalized spacial score (nSPS) is 17.4. The maximum Gasteiger partial charge on any atom is 0.363 e. The predicted molar refractivity (Wildman–Crippen MR) is 50.6 cm³/mol. The SMILES string of the molecule is CC(C)(C)OC(=O)C1=NCCS1. The quantitative estimate of drug-likeness (QED) is 0.583. The van der Waals surface area contributed by atoms with Gasteiger partial charge in [-0.3, -0.25) is 4.99 Å². The van der Waals surface area contributed by atoms with Gasteiger partial charge in [-0.15, -0.1) is 0 Å². The van der Waals surface area contributed by atoms with E-state index < -0.39 is 5.60 Å². The summed E-state index contributed by atoms with van der Waals surface area (Å²) in [7, 11) is 0. The van der Waals surface area contributed by atoms with E-state index in [-0.39, 0.29) is 5.97 Å². The summed E-state index contributed by atoms with van der Waals surface area (Å²) in [4.78, 5) is 15.3. The van der Waals surface area contributed by atoms with E-state index in [1.807, 2.05) is 20.8 Å². The van der Waals surface area contributed by atoms with Gasteiger partial charge in [0.1, 0.15) is 5.60 Å². The topological polar surface area (TPSA) is 38.7 Å². The molecule has 0 saturated heterocycles. The van der Waals surface area contributed by atoms with Gasteiger partial charge in [-0.25, -0.2) is 4.79 Å². The third-order valence-electron chi connectivity index (χ3n) is 1.16. The lowest BCUT2D eigenvalue weighted by molar-refractivity contribution is -0.145. The second kappa shape index (κ2) is 3.47. The second-order valence-electron chi connectivity index (χ2n) is 3.54. The van der Waals surface area contributed by atoms with Crippen LogP contribution in [0.25, 0.3) is 0 Å². The van der Waals surface area contributed by atoms with E-state index in [9.17, 15) is 4.79 Å². The summed E-state index contributed by atoms with van der Waals surface area (Å²) < 4.78 is 5.13. The highest BCUT2D eigenvalue weighted by atomic mass is 32.2. The van der Waals surface area contributed by atoms with Crippen molar-refractivity contribution in [3.63, 3.8) is 0 Å². The minimum absolute atomic E-state index is 0.287. The smallest absolute Gasteiger partial charge is 0.363 e. The Bertz CT molecular complexity index is 218.